The van der Waals surface area contributed by atoms with Gasteiger partial charge in [-0.3, -0.25) is 24.4 Å². The van der Waals surface area contributed by atoms with E-state index in [0.717, 1.165) is 17.3 Å². The summed E-state index contributed by atoms with van der Waals surface area (Å²) >= 11 is 0. The van der Waals surface area contributed by atoms with Crippen LogP contribution in [0.4, 0.5) is 0 Å². The molecule has 2 aliphatic rings. The molecule has 3 heterocycles. The second-order valence-electron chi connectivity index (χ2n) is 6.69. The summed E-state index contributed by atoms with van der Waals surface area (Å²) in [6.45, 7) is 1.27. The number of carbonyl (C=O) groups excluding carboxylic acids is 3. The summed E-state index contributed by atoms with van der Waals surface area (Å²) < 4.78 is 6.90. The Kier molecular flexibility index (Phi) is 4.42. The number of ether oxygens (including phenoxy) is 1. The molecule has 1 aromatic heterocycles. The zero-order chi connectivity index (χ0) is 18.1. The van der Waals surface area contributed by atoms with Gasteiger partial charge in [0.2, 0.25) is 17.7 Å². The van der Waals surface area contributed by atoms with Crippen LogP contribution in [0.25, 0.3) is 10.9 Å². The van der Waals surface area contributed by atoms with Crippen LogP contribution in [-0.2, 0) is 25.7 Å². The van der Waals surface area contributed by atoms with Gasteiger partial charge in [0.25, 0.3) is 0 Å². The fraction of sp³-hybridized carbons (Fsp3) is 0.444. The van der Waals surface area contributed by atoms with Crippen molar-refractivity contribution < 1.29 is 19.1 Å². The summed E-state index contributed by atoms with van der Waals surface area (Å²) in [6.07, 6.45) is 1.53. The molecule has 3 amide bonds. The number of rotatable bonds is 4. The van der Waals surface area contributed by atoms with Crippen LogP contribution in [0.3, 0.4) is 0 Å². The van der Waals surface area contributed by atoms with Crippen LogP contribution in [0.15, 0.2) is 24.3 Å². The van der Waals surface area contributed by atoms with E-state index in [9.17, 15) is 14.4 Å². The molecule has 4 rings (SSSR count). The third-order valence-corrected chi connectivity index (χ3v) is 4.84. The van der Waals surface area contributed by atoms with Crippen molar-refractivity contribution in [3.8, 4) is 0 Å². The maximum absolute atomic E-state index is 12.4. The number of imide groups is 1. The van der Waals surface area contributed by atoms with Crippen LogP contribution in [0.2, 0.25) is 0 Å². The number of carbonyl (C=O) groups is 3. The minimum atomic E-state index is -0.481. The molecule has 2 atom stereocenters. The van der Waals surface area contributed by atoms with E-state index in [1.165, 1.54) is 0 Å². The smallest absolute Gasteiger partial charge is 0.242 e. The van der Waals surface area contributed by atoms with Gasteiger partial charge in [0.15, 0.2) is 0 Å². The van der Waals surface area contributed by atoms with Gasteiger partial charge >= 0.3 is 0 Å². The van der Waals surface area contributed by atoms with E-state index in [2.05, 4.69) is 15.7 Å². The molecule has 136 valence electrons. The molecular formula is C18H20N4O4. The van der Waals surface area contributed by atoms with E-state index in [4.69, 9.17) is 4.74 Å². The highest BCUT2D eigenvalue weighted by Gasteiger charge is 2.32. The molecule has 26 heavy (non-hydrogen) atoms. The first-order chi connectivity index (χ1) is 12.6. The van der Waals surface area contributed by atoms with E-state index in [0.29, 0.717) is 31.7 Å². The summed E-state index contributed by atoms with van der Waals surface area (Å²) in [5.74, 6) is -1.20. The van der Waals surface area contributed by atoms with E-state index < -0.39 is 5.92 Å². The van der Waals surface area contributed by atoms with Crippen LogP contribution >= 0.6 is 0 Å². The van der Waals surface area contributed by atoms with E-state index in [-0.39, 0.29) is 30.3 Å². The molecule has 0 aliphatic carbocycles. The highest BCUT2D eigenvalue weighted by Crippen LogP contribution is 2.30. The monoisotopic (exact) mass is 356 g/mol. The van der Waals surface area contributed by atoms with Gasteiger partial charge in [0, 0.05) is 18.4 Å². The van der Waals surface area contributed by atoms with Crippen LogP contribution < -0.4 is 10.6 Å². The topological polar surface area (TPSA) is 102 Å². The van der Waals surface area contributed by atoms with Gasteiger partial charge in [0.05, 0.1) is 29.8 Å². The van der Waals surface area contributed by atoms with Crippen LogP contribution in [0.1, 0.15) is 30.9 Å². The molecule has 0 radical (unpaired) electrons. The molecule has 2 saturated heterocycles. The number of hydrogen-bond donors (Lipinski definition) is 2. The average Bonchev–Trinajstić information content (AvgIpc) is 3.24. The summed E-state index contributed by atoms with van der Waals surface area (Å²) in [4.78, 5) is 36.0. The molecule has 2 unspecified atom stereocenters. The van der Waals surface area contributed by atoms with Crippen LogP contribution in [0.5, 0.6) is 0 Å². The number of nitrogens with one attached hydrogen (secondary N) is 2. The van der Waals surface area contributed by atoms with E-state index in [1.807, 2.05) is 24.3 Å². The Morgan fingerprint density at radius 1 is 1.31 bits per heavy atom. The number of aromatic nitrogens is 2. The number of para-hydroxylation sites is 1. The first-order valence-corrected chi connectivity index (χ1v) is 8.78. The average molecular weight is 356 g/mol. The minimum absolute atomic E-state index is 0.0407. The van der Waals surface area contributed by atoms with Gasteiger partial charge in [-0.05, 0) is 18.9 Å². The molecule has 0 saturated carbocycles. The lowest BCUT2D eigenvalue weighted by atomic mass is 9.93. The predicted molar refractivity (Wildman–Crippen MR) is 92.2 cm³/mol. The van der Waals surface area contributed by atoms with Crippen molar-refractivity contribution in [2.45, 2.75) is 37.8 Å². The molecule has 2 aromatic rings. The normalized spacial score (nSPS) is 23.2. The standard InChI is InChI=1S/C18H20N4O4/c23-15-6-5-13(18(25)20-15)17-12-3-1-2-4-14(12)22(21-17)9-16(24)19-11-7-8-26-10-11/h1-4,11,13H,5-10H2,(H,19,24)(H,20,23,25). The minimum Gasteiger partial charge on any atom is -0.379 e. The molecule has 8 heteroatoms. The molecule has 2 fully saturated rings. The number of amides is 3. The first-order valence-electron chi connectivity index (χ1n) is 8.78. The van der Waals surface area contributed by atoms with Crippen LogP contribution in [0, 0.1) is 0 Å². The largest absolute Gasteiger partial charge is 0.379 e. The Hall–Kier alpha value is -2.74. The van der Waals surface area contributed by atoms with Gasteiger partial charge in [-0.1, -0.05) is 18.2 Å². The highest BCUT2D eigenvalue weighted by atomic mass is 16.5. The molecule has 1 aromatic carbocycles. The Bertz CT molecular complexity index is 869. The number of nitrogens with zero attached hydrogens (tertiary/aromatic N) is 2. The third kappa shape index (κ3) is 3.20. The van der Waals surface area contributed by atoms with Crippen molar-refractivity contribution in [3.63, 3.8) is 0 Å². The summed E-state index contributed by atoms with van der Waals surface area (Å²) in [5, 5.41) is 10.7. The zero-order valence-corrected chi connectivity index (χ0v) is 14.2. The fourth-order valence-corrected chi connectivity index (χ4v) is 3.54. The van der Waals surface area contributed by atoms with Crippen molar-refractivity contribution in [1.29, 1.82) is 0 Å². The molecule has 0 spiro atoms. The van der Waals surface area contributed by atoms with Gasteiger partial charge in [0.1, 0.15) is 6.54 Å². The lowest BCUT2D eigenvalue weighted by Crippen LogP contribution is -2.39. The zero-order valence-electron chi connectivity index (χ0n) is 14.2. The maximum Gasteiger partial charge on any atom is 0.242 e. The predicted octanol–water partition coefficient (Wildman–Crippen LogP) is 0.462. The van der Waals surface area contributed by atoms with E-state index in [1.54, 1.807) is 4.68 Å². The Balaban J connectivity index is 1.60. The lowest BCUT2D eigenvalue weighted by Gasteiger charge is -2.19. The van der Waals surface area contributed by atoms with Crippen molar-refractivity contribution >= 4 is 28.6 Å². The SMILES string of the molecule is O=C1CCC(c2nn(CC(=O)NC3CCOC3)c3ccccc23)C(=O)N1. The summed E-state index contributed by atoms with van der Waals surface area (Å²) in [7, 11) is 0. The molecule has 2 aliphatic heterocycles. The Morgan fingerprint density at radius 3 is 2.92 bits per heavy atom. The number of benzene rings is 1. The quantitative estimate of drug-likeness (QED) is 0.775. The fourth-order valence-electron chi connectivity index (χ4n) is 3.54. The molecule has 2 N–H and O–H groups in total. The maximum atomic E-state index is 12.4. The summed E-state index contributed by atoms with van der Waals surface area (Å²) in [6, 6.07) is 7.56. The number of piperidine rings is 1. The Labute approximate surface area is 149 Å². The Morgan fingerprint density at radius 2 is 2.15 bits per heavy atom. The highest BCUT2D eigenvalue weighted by molar-refractivity contribution is 6.02. The van der Waals surface area contributed by atoms with Crippen LogP contribution in [-0.4, -0.2) is 46.8 Å². The lowest BCUT2D eigenvalue weighted by molar-refractivity contribution is -0.134. The van der Waals surface area contributed by atoms with Crippen molar-refractivity contribution in [2.75, 3.05) is 13.2 Å². The van der Waals surface area contributed by atoms with Gasteiger partial charge in [-0.2, -0.15) is 5.10 Å². The molecule has 0 bridgehead atoms. The number of hydrogen-bond acceptors (Lipinski definition) is 5. The van der Waals surface area contributed by atoms with Crippen molar-refractivity contribution in [3.05, 3.63) is 30.0 Å². The molecular weight excluding hydrogens is 336 g/mol. The van der Waals surface area contributed by atoms with Gasteiger partial charge in [-0.25, -0.2) is 0 Å². The third-order valence-electron chi connectivity index (χ3n) is 4.84. The van der Waals surface area contributed by atoms with Crippen molar-refractivity contribution in [2.24, 2.45) is 0 Å². The second-order valence-corrected chi connectivity index (χ2v) is 6.69. The first kappa shape index (κ1) is 16.7. The van der Waals surface area contributed by atoms with E-state index >= 15 is 0 Å². The van der Waals surface area contributed by atoms with Crippen molar-refractivity contribution in [1.82, 2.24) is 20.4 Å². The second kappa shape index (κ2) is 6.87. The number of fused-ring (bicyclic) bond motifs is 1. The molecule has 8 nitrogen and oxygen atoms in total. The summed E-state index contributed by atoms with van der Waals surface area (Å²) in [5.41, 5.74) is 1.41. The van der Waals surface area contributed by atoms with Gasteiger partial charge < -0.3 is 10.1 Å². The van der Waals surface area contributed by atoms with Gasteiger partial charge in [-0.15, -0.1) is 0 Å².